The molecule has 212 valence electrons. The Balaban J connectivity index is 1.05. The molecule has 1 N–H and O–H groups in total. The number of aromatic nitrogens is 1. The van der Waals surface area contributed by atoms with Gasteiger partial charge in [0, 0.05) is 44.4 Å². The molecule has 1 fully saturated rings. The van der Waals surface area contributed by atoms with Gasteiger partial charge in [0.15, 0.2) is 5.76 Å². The normalized spacial score (nSPS) is 17.1. The number of aliphatic hydroxyl groups excluding tert-OH is 1. The molecule has 1 aromatic heterocycles. The third-order valence-electron chi connectivity index (χ3n) is 8.10. The fourth-order valence-corrected chi connectivity index (χ4v) is 6.00. The Hall–Kier alpha value is -3.91. The Morgan fingerprint density at radius 2 is 1.56 bits per heavy atom. The van der Waals surface area contributed by atoms with Gasteiger partial charge < -0.3 is 19.1 Å². The van der Waals surface area contributed by atoms with Gasteiger partial charge in [0.1, 0.15) is 18.5 Å². The Bertz CT molecular complexity index is 1430. The molecule has 4 aromatic rings. The first-order valence-electron chi connectivity index (χ1n) is 14.4. The summed E-state index contributed by atoms with van der Waals surface area (Å²) in [6.45, 7) is 4.56. The first kappa shape index (κ1) is 27.3. The van der Waals surface area contributed by atoms with Crippen molar-refractivity contribution in [1.82, 2.24) is 15.0 Å². The first-order chi connectivity index (χ1) is 20.2. The van der Waals surface area contributed by atoms with Crippen LogP contribution in [-0.4, -0.2) is 72.6 Å². The lowest BCUT2D eigenvalue weighted by Crippen LogP contribution is -2.50. The van der Waals surface area contributed by atoms with E-state index < -0.39 is 6.10 Å². The smallest absolute Gasteiger partial charge is 0.254 e. The Morgan fingerprint density at radius 3 is 2.24 bits per heavy atom. The third kappa shape index (κ3) is 6.38. The van der Waals surface area contributed by atoms with Crippen molar-refractivity contribution >= 4 is 12.2 Å². The summed E-state index contributed by atoms with van der Waals surface area (Å²) in [7, 11) is 1.55. The Kier molecular flexibility index (Phi) is 8.46. The summed E-state index contributed by atoms with van der Waals surface area (Å²) in [5.41, 5.74) is 6.69. The van der Waals surface area contributed by atoms with Gasteiger partial charge in [-0.1, -0.05) is 66.7 Å². The number of fused-ring (bicyclic) bond motifs is 2. The second-order valence-corrected chi connectivity index (χ2v) is 10.7. The molecular formula is C34H37N3O4. The van der Waals surface area contributed by atoms with Crippen LogP contribution in [0.4, 0.5) is 0 Å². The summed E-state index contributed by atoms with van der Waals surface area (Å²) in [5, 5.41) is 14.7. The fourth-order valence-electron chi connectivity index (χ4n) is 6.00. The molecular weight excluding hydrogens is 514 g/mol. The molecule has 1 atom stereocenters. The molecule has 0 spiro atoms. The number of methoxy groups -OCH3 is 1. The van der Waals surface area contributed by atoms with Crippen LogP contribution >= 0.6 is 0 Å². The highest BCUT2D eigenvalue weighted by Crippen LogP contribution is 2.37. The molecule has 3 aromatic carbocycles. The minimum absolute atomic E-state index is 0.227. The number of aliphatic hydroxyl groups is 1. The minimum Gasteiger partial charge on any atom is -0.490 e. The second-order valence-electron chi connectivity index (χ2n) is 10.7. The van der Waals surface area contributed by atoms with Gasteiger partial charge in [0.2, 0.25) is 0 Å². The van der Waals surface area contributed by atoms with E-state index in [1.54, 1.807) is 13.2 Å². The van der Waals surface area contributed by atoms with E-state index >= 15 is 0 Å². The fraction of sp³-hybridized carbons (Fsp3) is 0.324. The van der Waals surface area contributed by atoms with E-state index in [1.807, 2.05) is 36.4 Å². The van der Waals surface area contributed by atoms with Crippen LogP contribution in [0.5, 0.6) is 11.6 Å². The van der Waals surface area contributed by atoms with Gasteiger partial charge in [-0.3, -0.25) is 9.80 Å². The quantitative estimate of drug-likeness (QED) is 0.310. The van der Waals surface area contributed by atoms with Crippen molar-refractivity contribution in [2.45, 2.75) is 25.0 Å². The molecule has 0 radical (unpaired) electrons. The summed E-state index contributed by atoms with van der Waals surface area (Å²) in [6, 6.07) is 27.6. The zero-order valence-electron chi connectivity index (χ0n) is 23.5. The zero-order valence-corrected chi connectivity index (χ0v) is 23.5. The van der Waals surface area contributed by atoms with E-state index in [2.05, 4.69) is 63.5 Å². The number of rotatable bonds is 9. The molecule has 1 saturated heterocycles. The van der Waals surface area contributed by atoms with E-state index in [4.69, 9.17) is 14.0 Å². The maximum atomic E-state index is 10.9. The van der Waals surface area contributed by atoms with Gasteiger partial charge in [0.25, 0.3) is 5.88 Å². The molecule has 0 saturated carbocycles. The molecule has 0 bridgehead atoms. The number of β-amino-alcohol motifs (C(OH)–C–C–N with tert-alkyl or cyclic N) is 1. The molecule has 1 unspecified atom stereocenters. The van der Waals surface area contributed by atoms with Crippen LogP contribution in [0.25, 0.3) is 12.2 Å². The van der Waals surface area contributed by atoms with Crippen molar-refractivity contribution in [3.8, 4) is 11.6 Å². The molecule has 2 aliphatic rings. The first-order valence-corrected chi connectivity index (χ1v) is 14.4. The number of para-hydroxylation sites is 1. The van der Waals surface area contributed by atoms with E-state index in [1.165, 1.54) is 22.3 Å². The maximum Gasteiger partial charge on any atom is 0.254 e. The number of aryl methyl sites for hydroxylation is 2. The number of ether oxygens (including phenoxy) is 2. The summed E-state index contributed by atoms with van der Waals surface area (Å²) in [4.78, 5) is 4.97. The number of benzene rings is 3. The standard InChI is InChI=1S/C34H37N3O4/c1-39-33-22-29(41-35-33)17-16-27-10-4-7-13-32(27)40-24-28(38)23-36-18-20-37(21-19-36)34-30-11-5-2-8-25(30)14-15-26-9-3-6-12-31(26)34/h2-13,16-17,22,28,34,38H,14-15,18-21,23-24H2,1H3. The molecule has 7 nitrogen and oxygen atoms in total. The van der Waals surface area contributed by atoms with Gasteiger partial charge >= 0.3 is 0 Å². The summed E-state index contributed by atoms with van der Waals surface area (Å²) >= 11 is 0. The van der Waals surface area contributed by atoms with Crippen LogP contribution in [0, 0.1) is 0 Å². The maximum absolute atomic E-state index is 10.9. The lowest BCUT2D eigenvalue weighted by molar-refractivity contribution is 0.0400. The largest absolute Gasteiger partial charge is 0.490 e. The molecule has 7 heteroatoms. The van der Waals surface area contributed by atoms with Gasteiger partial charge in [-0.15, -0.1) is 0 Å². The third-order valence-corrected chi connectivity index (χ3v) is 8.10. The summed E-state index contributed by atoms with van der Waals surface area (Å²) < 4.78 is 16.4. The lowest BCUT2D eigenvalue weighted by Gasteiger charge is -2.40. The molecule has 0 amide bonds. The van der Waals surface area contributed by atoms with Crippen LogP contribution in [0.2, 0.25) is 0 Å². The van der Waals surface area contributed by atoms with E-state index in [0.717, 1.165) is 44.6 Å². The van der Waals surface area contributed by atoms with E-state index in [9.17, 15) is 5.11 Å². The van der Waals surface area contributed by atoms with Gasteiger partial charge in [-0.25, -0.2) is 0 Å². The topological polar surface area (TPSA) is 71.2 Å². The van der Waals surface area contributed by atoms with E-state index in [0.29, 0.717) is 23.9 Å². The lowest BCUT2D eigenvalue weighted by atomic mass is 9.92. The van der Waals surface area contributed by atoms with Crippen molar-refractivity contribution in [2.75, 3.05) is 46.4 Å². The zero-order chi connectivity index (χ0) is 28.0. The average Bonchev–Trinajstić information content (AvgIpc) is 3.41. The second kappa shape index (κ2) is 12.7. The predicted molar refractivity (Wildman–Crippen MR) is 160 cm³/mol. The SMILES string of the molecule is COc1cc(C=Cc2ccccc2OCC(O)CN2CCN(C3c4ccccc4CCc4ccccc43)CC2)on1. The molecule has 1 aliphatic heterocycles. The molecule has 2 heterocycles. The molecule has 6 rings (SSSR count). The number of hydrogen-bond donors (Lipinski definition) is 1. The minimum atomic E-state index is -0.587. The highest BCUT2D eigenvalue weighted by molar-refractivity contribution is 5.70. The molecule has 41 heavy (non-hydrogen) atoms. The van der Waals surface area contributed by atoms with Crippen molar-refractivity contribution in [3.05, 3.63) is 112 Å². The van der Waals surface area contributed by atoms with Crippen LogP contribution < -0.4 is 9.47 Å². The van der Waals surface area contributed by atoms with Crippen LogP contribution in [0.1, 0.15) is 39.6 Å². The summed E-state index contributed by atoms with van der Waals surface area (Å²) in [6.07, 6.45) is 5.31. The monoisotopic (exact) mass is 551 g/mol. The Morgan fingerprint density at radius 1 is 0.902 bits per heavy atom. The van der Waals surface area contributed by atoms with Crippen molar-refractivity contribution < 1.29 is 19.1 Å². The van der Waals surface area contributed by atoms with Gasteiger partial charge in [0.05, 0.1) is 13.2 Å². The van der Waals surface area contributed by atoms with Gasteiger partial charge in [-0.05, 0) is 58.5 Å². The predicted octanol–water partition coefficient (Wildman–Crippen LogP) is 5.10. The van der Waals surface area contributed by atoms with E-state index in [-0.39, 0.29) is 12.6 Å². The van der Waals surface area contributed by atoms with Gasteiger partial charge in [-0.2, -0.15) is 0 Å². The van der Waals surface area contributed by atoms with Crippen molar-refractivity contribution in [2.24, 2.45) is 0 Å². The number of piperazine rings is 1. The van der Waals surface area contributed by atoms with Crippen molar-refractivity contribution in [3.63, 3.8) is 0 Å². The Labute approximate surface area is 241 Å². The van der Waals surface area contributed by atoms with Crippen LogP contribution in [0.3, 0.4) is 0 Å². The number of hydrogen-bond acceptors (Lipinski definition) is 7. The van der Waals surface area contributed by atoms with Crippen LogP contribution in [0.15, 0.2) is 83.4 Å². The van der Waals surface area contributed by atoms with Crippen LogP contribution in [-0.2, 0) is 12.8 Å². The molecule has 1 aliphatic carbocycles. The highest BCUT2D eigenvalue weighted by Gasteiger charge is 2.31. The van der Waals surface area contributed by atoms with Crippen molar-refractivity contribution in [1.29, 1.82) is 0 Å². The summed E-state index contributed by atoms with van der Waals surface area (Å²) in [5.74, 6) is 1.73. The number of nitrogens with zero attached hydrogens (tertiary/aromatic N) is 3. The average molecular weight is 552 g/mol. The highest BCUT2D eigenvalue weighted by atomic mass is 16.5.